The summed E-state index contributed by atoms with van der Waals surface area (Å²) in [6.45, 7) is 4.44. The minimum absolute atomic E-state index is 0.0401. The molecule has 0 heterocycles. The molecule has 0 aromatic heterocycles. The summed E-state index contributed by atoms with van der Waals surface area (Å²) in [4.78, 5) is 37.0. The first-order valence-corrected chi connectivity index (χ1v) is 21.6. The molecule has 0 rings (SSSR count). The van der Waals surface area contributed by atoms with Crippen LogP contribution in [0.4, 0.5) is 0 Å². The molecule has 0 saturated carbocycles. The van der Waals surface area contributed by atoms with Crippen LogP contribution in [0.5, 0.6) is 0 Å². The van der Waals surface area contributed by atoms with Crippen molar-refractivity contribution in [1.29, 1.82) is 0 Å². The van der Waals surface area contributed by atoms with Gasteiger partial charge in [0.2, 0.25) is 0 Å². The summed E-state index contributed by atoms with van der Waals surface area (Å²) in [6, 6.07) is -0.626. The van der Waals surface area contributed by atoms with Gasteiger partial charge < -0.3 is 23.8 Å². The highest BCUT2D eigenvalue weighted by molar-refractivity contribution is 5.72. The molecule has 0 aliphatic rings. The quantitative estimate of drug-likeness (QED) is 0.0290. The standard InChI is InChI=1S/C48H79NO7/c1-6-8-10-12-14-16-18-20-22-23-25-27-29-31-33-35-37-39-47(51)56-44(42-54-41-40-45(48(52)53)49(3,4)5)43-55-46(50)38-36-34-32-30-28-26-24-21-19-17-15-13-11-9-7-2/h8-11,14-17,20-22,24-25,27,44-45H,6-7,12-13,18-19,23,26,28-43H2,1-5H3/p+1/b10-8-,11-9-,16-14-,17-15-,22-20-,24-21-,27-25-. The highest BCUT2D eigenvalue weighted by Gasteiger charge is 2.31. The Morgan fingerprint density at radius 1 is 0.536 bits per heavy atom. The number of allylic oxidation sites excluding steroid dienone is 14. The molecule has 0 bridgehead atoms. The number of nitrogens with zero attached hydrogens (tertiary/aromatic N) is 1. The maximum atomic E-state index is 12.7. The Morgan fingerprint density at radius 2 is 0.946 bits per heavy atom. The Morgan fingerprint density at radius 3 is 1.39 bits per heavy atom. The van der Waals surface area contributed by atoms with Crippen molar-refractivity contribution in [2.75, 3.05) is 41.0 Å². The molecular weight excluding hydrogens is 703 g/mol. The van der Waals surface area contributed by atoms with Gasteiger partial charge in [-0.2, -0.15) is 0 Å². The van der Waals surface area contributed by atoms with Gasteiger partial charge >= 0.3 is 17.9 Å². The molecule has 2 unspecified atom stereocenters. The van der Waals surface area contributed by atoms with Gasteiger partial charge in [-0.15, -0.1) is 0 Å². The van der Waals surface area contributed by atoms with Crippen LogP contribution in [0.1, 0.15) is 149 Å². The van der Waals surface area contributed by atoms with E-state index in [4.69, 9.17) is 14.2 Å². The third-order valence-corrected chi connectivity index (χ3v) is 9.04. The van der Waals surface area contributed by atoms with E-state index in [0.29, 0.717) is 19.3 Å². The van der Waals surface area contributed by atoms with Gasteiger partial charge in [0, 0.05) is 19.3 Å². The molecule has 8 nitrogen and oxygen atoms in total. The lowest BCUT2D eigenvalue weighted by Gasteiger charge is -2.31. The first-order chi connectivity index (χ1) is 27.1. The average molecular weight is 783 g/mol. The van der Waals surface area contributed by atoms with Crippen LogP contribution in [-0.4, -0.2) is 80.6 Å². The summed E-state index contributed by atoms with van der Waals surface area (Å²) in [6.07, 6.45) is 49.1. The summed E-state index contributed by atoms with van der Waals surface area (Å²) in [7, 11) is 5.50. The van der Waals surface area contributed by atoms with Gasteiger partial charge in [0.05, 0.1) is 34.4 Å². The maximum Gasteiger partial charge on any atom is 0.362 e. The fourth-order valence-corrected chi connectivity index (χ4v) is 5.74. The smallest absolute Gasteiger partial charge is 0.362 e. The molecule has 0 aromatic rings. The first-order valence-electron chi connectivity index (χ1n) is 21.6. The minimum Gasteiger partial charge on any atom is -0.477 e. The van der Waals surface area contributed by atoms with Crippen molar-refractivity contribution in [1.82, 2.24) is 0 Å². The second-order valence-electron chi connectivity index (χ2n) is 15.2. The lowest BCUT2D eigenvalue weighted by molar-refractivity contribution is -0.887. The molecule has 8 heteroatoms. The summed E-state index contributed by atoms with van der Waals surface area (Å²) in [5, 5.41) is 9.62. The molecule has 0 spiro atoms. The van der Waals surface area contributed by atoms with Crippen LogP contribution in [0.15, 0.2) is 85.1 Å². The zero-order valence-electron chi connectivity index (χ0n) is 36.1. The summed E-state index contributed by atoms with van der Waals surface area (Å²) in [5.41, 5.74) is 0. The average Bonchev–Trinajstić information content (AvgIpc) is 3.15. The van der Waals surface area contributed by atoms with E-state index in [-0.39, 0.29) is 36.2 Å². The van der Waals surface area contributed by atoms with Crippen LogP contribution >= 0.6 is 0 Å². The minimum atomic E-state index is -0.886. The van der Waals surface area contributed by atoms with Crippen LogP contribution in [0.3, 0.4) is 0 Å². The number of carboxylic acid groups (broad SMARTS) is 1. The molecule has 318 valence electrons. The predicted molar refractivity (Wildman–Crippen MR) is 233 cm³/mol. The third-order valence-electron chi connectivity index (χ3n) is 9.04. The number of carbonyl (C=O) groups excluding carboxylic acids is 2. The third kappa shape index (κ3) is 36.2. The molecule has 56 heavy (non-hydrogen) atoms. The van der Waals surface area contributed by atoms with Crippen molar-refractivity contribution in [2.24, 2.45) is 0 Å². The molecule has 0 aromatic carbocycles. The second kappa shape index (κ2) is 38.4. The number of likely N-dealkylation sites (N-methyl/N-ethyl adjacent to an activating group) is 1. The number of rotatable bonds is 37. The largest absolute Gasteiger partial charge is 0.477 e. The van der Waals surface area contributed by atoms with E-state index in [2.05, 4.69) is 98.9 Å². The number of hydrogen-bond donors (Lipinski definition) is 1. The number of aliphatic carboxylic acids is 1. The predicted octanol–water partition coefficient (Wildman–Crippen LogP) is 11.7. The van der Waals surface area contributed by atoms with E-state index < -0.39 is 18.1 Å². The van der Waals surface area contributed by atoms with Crippen molar-refractivity contribution < 1.29 is 38.2 Å². The second-order valence-corrected chi connectivity index (χ2v) is 15.2. The number of unbranched alkanes of at least 4 members (excludes halogenated alkanes) is 9. The number of esters is 2. The Labute approximate surface area is 342 Å². The molecule has 0 fully saturated rings. The van der Waals surface area contributed by atoms with Gasteiger partial charge in [-0.3, -0.25) is 9.59 Å². The Balaban J connectivity index is 4.45. The van der Waals surface area contributed by atoms with E-state index in [1.54, 1.807) is 0 Å². The normalized spacial score (nSPS) is 13.8. The van der Waals surface area contributed by atoms with Gasteiger partial charge in [-0.1, -0.05) is 131 Å². The van der Waals surface area contributed by atoms with Crippen molar-refractivity contribution >= 4 is 17.9 Å². The number of hydrogen-bond acceptors (Lipinski definition) is 6. The molecule has 0 saturated heterocycles. The number of quaternary nitrogens is 1. The summed E-state index contributed by atoms with van der Waals surface area (Å²) in [5.74, 6) is -1.53. The first kappa shape index (κ1) is 52.5. The van der Waals surface area contributed by atoms with Crippen molar-refractivity contribution in [3.63, 3.8) is 0 Å². The van der Waals surface area contributed by atoms with Crippen LogP contribution in [0.2, 0.25) is 0 Å². The van der Waals surface area contributed by atoms with E-state index in [0.717, 1.165) is 116 Å². The lowest BCUT2D eigenvalue weighted by atomic mass is 10.1. The van der Waals surface area contributed by atoms with E-state index in [1.165, 1.54) is 0 Å². The molecular formula is C48H80NO7+. The van der Waals surface area contributed by atoms with E-state index >= 15 is 0 Å². The molecule has 0 aliphatic heterocycles. The van der Waals surface area contributed by atoms with Gasteiger partial charge in [-0.25, -0.2) is 4.79 Å². The Bertz CT molecular complexity index is 1190. The fraction of sp³-hybridized carbons (Fsp3) is 0.646. The highest BCUT2D eigenvalue weighted by atomic mass is 16.6. The number of carbonyl (C=O) groups is 3. The van der Waals surface area contributed by atoms with Crippen LogP contribution in [0.25, 0.3) is 0 Å². The van der Waals surface area contributed by atoms with Crippen molar-refractivity contribution in [2.45, 2.75) is 161 Å². The molecule has 0 aliphatic carbocycles. The molecule has 0 radical (unpaired) electrons. The molecule has 0 amide bonds. The van der Waals surface area contributed by atoms with Crippen LogP contribution < -0.4 is 0 Å². The SMILES string of the molecule is CC/C=C\C/C=C\C/C=C\C/C=C\CCCCCCC(=O)OC(COCCC(C(=O)O)[N+](C)(C)C)COC(=O)CCCCCCC/C=C\C/C=C\C/C=C\CC. The zero-order chi connectivity index (χ0) is 41.4. The van der Waals surface area contributed by atoms with Crippen LogP contribution in [-0.2, 0) is 28.6 Å². The summed E-state index contributed by atoms with van der Waals surface area (Å²) < 4.78 is 17.2. The van der Waals surface area contributed by atoms with Gasteiger partial charge in [-0.05, 0) is 83.5 Å². The van der Waals surface area contributed by atoms with E-state index in [9.17, 15) is 19.5 Å². The van der Waals surface area contributed by atoms with Crippen molar-refractivity contribution in [3.8, 4) is 0 Å². The zero-order valence-corrected chi connectivity index (χ0v) is 36.1. The molecule has 2 atom stereocenters. The number of carboxylic acids is 1. The number of ether oxygens (including phenoxy) is 3. The Hall–Kier alpha value is -3.49. The monoisotopic (exact) mass is 783 g/mol. The Kier molecular flexibility index (Phi) is 36.0. The maximum absolute atomic E-state index is 12.7. The summed E-state index contributed by atoms with van der Waals surface area (Å²) >= 11 is 0. The van der Waals surface area contributed by atoms with Crippen LogP contribution in [0, 0.1) is 0 Å². The highest BCUT2D eigenvalue weighted by Crippen LogP contribution is 2.12. The molecule has 1 N–H and O–H groups in total. The van der Waals surface area contributed by atoms with Gasteiger partial charge in [0.15, 0.2) is 12.1 Å². The van der Waals surface area contributed by atoms with Gasteiger partial charge in [0.1, 0.15) is 6.61 Å². The van der Waals surface area contributed by atoms with E-state index in [1.807, 2.05) is 21.1 Å². The van der Waals surface area contributed by atoms with Crippen molar-refractivity contribution in [3.05, 3.63) is 85.1 Å². The lowest BCUT2D eigenvalue weighted by Crippen LogP contribution is -2.50. The topological polar surface area (TPSA) is 99.1 Å². The van der Waals surface area contributed by atoms with Gasteiger partial charge in [0.25, 0.3) is 0 Å². The fourth-order valence-electron chi connectivity index (χ4n) is 5.74.